The second kappa shape index (κ2) is 7.80. The van der Waals surface area contributed by atoms with Gasteiger partial charge in [-0.1, -0.05) is 0 Å². The Bertz CT molecular complexity index is 909. The van der Waals surface area contributed by atoms with E-state index in [1.807, 2.05) is 17.0 Å². The fourth-order valence-electron chi connectivity index (χ4n) is 3.41. The SMILES string of the molecule is O=C(NCc1ccncc1)C(=O)Nc1ccc2c(c1)CCCN2C(=O)C1CC1. The summed E-state index contributed by atoms with van der Waals surface area (Å²) in [4.78, 5) is 42.5. The van der Waals surface area contributed by atoms with Crippen LogP contribution in [0.15, 0.2) is 42.7 Å². The van der Waals surface area contributed by atoms with E-state index >= 15 is 0 Å². The van der Waals surface area contributed by atoms with Crippen LogP contribution in [0.2, 0.25) is 0 Å². The molecular formula is C21H22N4O3. The van der Waals surface area contributed by atoms with Crippen molar-refractivity contribution in [3.05, 3.63) is 53.9 Å². The summed E-state index contributed by atoms with van der Waals surface area (Å²) in [5.74, 6) is -1.03. The van der Waals surface area contributed by atoms with Gasteiger partial charge in [-0.3, -0.25) is 19.4 Å². The molecule has 7 nitrogen and oxygen atoms in total. The molecule has 1 aromatic heterocycles. The van der Waals surface area contributed by atoms with Crippen molar-refractivity contribution in [2.24, 2.45) is 5.92 Å². The van der Waals surface area contributed by atoms with Crippen molar-refractivity contribution < 1.29 is 14.4 Å². The van der Waals surface area contributed by atoms with E-state index in [-0.39, 0.29) is 18.4 Å². The Kier molecular flexibility index (Phi) is 5.06. The van der Waals surface area contributed by atoms with Crippen LogP contribution in [0.4, 0.5) is 11.4 Å². The first-order chi connectivity index (χ1) is 13.6. The third-order valence-corrected chi connectivity index (χ3v) is 5.06. The maximum absolute atomic E-state index is 12.5. The lowest BCUT2D eigenvalue weighted by Gasteiger charge is -2.30. The summed E-state index contributed by atoms with van der Waals surface area (Å²) >= 11 is 0. The zero-order valence-electron chi connectivity index (χ0n) is 15.5. The predicted molar refractivity (Wildman–Crippen MR) is 105 cm³/mol. The van der Waals surface area contributed by atoms with Crippen LogP contribution in [0.5, 0.6) is 0 Å². The highest BCUT2D eigenvalue weighted by atomic mass is 16.2. The number of hydrogen-bond acceptors (Lipinski definition) is 4. The highest BCUT2D eigenvalue weighted by molar-refractivity contribution is 6.39. The normalized spacial score (nSPS) is 15.5. The van der Waals surface area contributed by atoms with Gasteiger partial charge in [0.05, 0.1) is 0 Å². The number of anilines is 2. The summed E-state index contributed by atoms with van der Waals surface area (Å²) in [6.07, 6.45) is 6.97. The van der Waals surface area contributed by atoms with E-state index in [9.17, 15) is 14.4 Å². The van der Waals surface area contributed by atoms with E-state index in [0.717, 1.165) is 49.0 Å². The standard InChI is InChI=1S/C21H22N4O3/c26-19(23-13-14-7-9-22-10-8-14)20(27)24-17-5-6-18-16(12-17)2-1-11-25(18)21(28)15-3-4-15/h5-10,12,15H,1-4,11,13H2,(H,23,26)(H,24,27). The van der Waals surface area contributed by atoms with Crippen molar-refractivity contribution >= 4 is 29.1 Å². The number of pyridine rings is 1. The Balaban J connectivity index is 1.39. The molecule has 144 valence electrons. The largest absolute Gasteiger partial charge is 0.344 e. The van der Waals surface area contributed by atoms with Crippen LogP contribution in [0, 0.1) is 5.92 Å². The second-order valence-electron chi connectivity index (χ2n) is 7.20. The van der Waals surface area contributed by atoms with E-state index < -0.39 is 11.8 Å². The molecule has 0 spiro atoms. The summed E-state index contributed by atoms with van der Waals surface area (Å²) in [5.41, 5.74) is 3.37. The van der Waals surface area contributed by atoms with Crippen molar-refractivity contribution in [2.45, 2.75) is 32.2 Å². The zero-order chi connectivity index (χ0) is 19.5. The fraction of sp³-hybridized carbons (Fsp3) is 0.333. The van der Waals surface area contributed by atoms with Crippen molar-refractivity contribution in [3.8, 4) is 0 Å². The minimum atomic E-state index is -0.712. The molecule has 2 aromatic rings. The van der Waals surface area contributed by atoms with Gasteiger partial charge < -0.3 is 15.5 Å². The molecule has 1 aliphatic carbocycles. The van der Waals surface area contributed by atoms with E-state index in [1.54, 1.807) is 30.6 Å². The van der Waals surface area contributed by atoms with Crippen molar-refractivity contribution in [1.82, 2.24) is 10.3 Å². The lowest BCUT2D eigenvalue weighted by atomic mass is 10.0. The van der Waals surface area contributed by atoms with Gasteiger partial charge in [-0.25, -0.2) is 0 Å². The summed E-state index contributed by atoms with van der Waals surface area (Å²) in [6, 6.07) is 9.01. The van der Waals surface area contributed by atoms with E-state index in [4.69, 9.17) is 0 Å². The lowest BCUT2D eigenvalue weighted by molar-refractivity contribution is -0.136. The summed E-state index contributed by atoms with van der Waals surface area (Å²) in [7, 11) is 0. The van der Waals surface area contributed by atoms with Crippen LogP contribution in [0.25, 0.3) is 0 Å². The Hall–Kier alpha value is -3.22. The van der Waals surface area contributed by atoms with Crippen LogP contribution in [0.1, 0.15) is 30.4 Å². The van der Waals surface area contributed by atoms with Gasteiger partial charge >= 0.3 is 11.8 Å². The molecule has 2 heterocycles. The number of aryl methyl sites for hydroxylation is 1. The number of carbonyl (C=O) groups is 3. The van der Waals surface area contributed by atoms with E-state index in [2.05, 4.69) is 15.6 Å². The average molecular weight is 378 g/mol. The molecule has 0 saturated heterocycles. The van der Waals surface area contributed by atoms with E-state index in [1.165, 1.54) is 0 Å². The topological polar surface area (TPSA) is 91.4 Å². The average Bonchev–Trinajstić information content (AvgIpc) is 3.57. The van der Waals surface area contributed by atoms with Crippen LogP contribution in [0.3, 0.4) is 0 Å². The quantitative estimate of drug-likeness (QED) is 0.797. The molecule has 3 amide bonds. The lowest BCUT2D eigenvalue weighted by Crippen LogP contribution is -2.37. The number of carbonyl (C=O) groups excluding carboxylic acids is 3. The number of nitrogens with zero attached hydrogens (tertiary/aromatic N) is 2. The summed E-state index contributed by atoms with van der Waals surface area (Å²) < 4.78 is 0. The molecule has 1 aromatic carbocycles. The molecule has 2 aliphatic rings. The Morgan fingerprint density at radius 1 is 1.07 bits per heavy atom. The molecule has 2 N–H and O–H groups in total. The minimum absolute atomic E-state index is 0.175. The van der Waals surface area contributed by atoms with Crippen molar-refractivity contribution in [2.75, 3.05) is 16.8 Å². The number of hydrogen-bond donors (Lipinski definition) is 2. The first-order valence-corrected chi connectivity index (χ1v) is 9.54. The molecule has 28 heavy (non-hydrogen) atoms. The van der Waals surface area contributed by atoms with Gasteiger partial charge in [0.1, 0.15) is 0 Å². The van der Waals surface area contributed by atoms with Gasteiger partial charge in [0.25, 0.3) is 0 Å². The molecule has 1 saturated carbocycles. The molecule has 7 heteroatoms. The van der Waals surface area contributed by atoms with Crippen molar-refractivity contribution in [1.29, 1.82) is 0 Å². The maximum Gasteiger partial charge on any atom is 0.313 e. The van der Waals surface area contributed by atoms with Crippen LogP contribution in [-0.2, 0) is 27.3 Å². The Morgan fingerprint density at radius 2 is 1.86 bits per heavy atom. The molecule has 0 radical (unpaired) electrons. The smallest absolute Gasteiger partial charge is 0.313 e. The molecule has 1 aliphatic heterocycles. The first-order valence-electron chi connectivity index (χ1n) is 9.54. The summed E-state index contributed by atoms with van der Waals surface area (Å²) in [6.45, 7) is 1.00. The van der Waals surface area contributed by atoms with Gasteiger partial charge in [0.15, 0.2) is 0 Å². The van der Waals surface area contributed by atoms with Gasteiger partial charge in [-0.05, 0) is 67.1 Å². The highest BCUT2D eigenvalue weighted by Gasteiger charge is 2.35. The zero-order valence-corrected chi connectivity index (χ0v) is 15.5. The monoisotopic (exact) mass is 378 g/mol. The van der Waals surface area contributed by atoms with Gasteiger partial charge in [0.2, 0.25) is 5.91 Å². The highest BCUT2D eigenvalue weighted by Crippen LogP contribution is 2.36. The molecule has 0 bridgehead atoms. The molecule has 0 atom stereocenters. The third-order valence-electron chi connectivity index (χ3n) is 5.06. The number of rotatable bonds is 4. The van der Waals surface area contributed by atoms with Crippen LogP contribution >= 0.6 is 0 Å². The molecule has 0 unspecified atom stereocenters. The number of amides is 3. The third kappa shape index (κ3) is 4.03. The number of fused-ring (bicyclic) bond motifs is 1. The molecular weight excluding hydrogens is 356 g/mol. The maximum atomic E-state index is 12.5. The molecule has 4 rings (SSSR count). The van der Waals surface area contributed by atoms with Crippen LogP contribution < -0.4 is 15.5 Å². The fourth-order valence-corrected chi connectivity index (χ4v) is 3.41. The number of nitrogens with one attached hydrogen (secondary N) is 2. The predicted octanol–water partition coefficient (Wildman–Crippen LogP) is 2.03. The Labute approximate surface area is 163 Å². The molecule has 1 fully saturated rings. The van der Waals surface area contributed by atoms with Gasteiger partial charge in [0, 0.05) is 42.8 Å². The second-order valence-corrected chi connectivity index (χ2v) is 7.20. The van der Waals surface area contributed by atoms with Crippen molar-refractivity contribution in [3.63, 3.8) is 0 Å². The minimum Gasteiger partial charge on any atom is -0.344 e. The van der Waals surface area contributed by atoms with Gasteiger partial charge in [-0.2, -0.15) is 0 Å². The number of aromatic nitrogens is 1. The Morgan fingerprint density at radius 3 is 2.61 bits per heavy atom. The number of benzene rings is 1. The first kappa shape index (κ1) is 18.2. The van der Waals surface area contributed by atoms with E-state index in [0.29, 0.717) is 5.69 Å². The van der Waals surface area contributed by atoms with Gasteiger partial charge in [-0.15, -0.1) is 0 Å². The summed E-state index contributed by atoms with van der Waals surface area (Å²) in [5, 5.41) is 5.23. The van der Waals surface area contributed by atoms with Crippen LogP contribution in [-0.4, -0.2) is 29.3 Å².